The van der Waals surface area contributed by atoms with E-state index < -0.39 is 5.97 Å². The number of likely N-dealkylation sites (tertiary alicyclic amines) is 1. The number of hydrogen-bond acceptors (Lipinski definition) is 2. The van der Waals surface area contributed by atoms with E-state index in [2.05, 4.69) is 0 Å². The van der Waals surface area contributed by atoms with E-state index in [0.717, 1.165) is 6.42 Å². The van der Waals surface area contributed by atoms with Gasteiger partial charge in [-0.25, -0.2) is 4.39 Å². The third-order valence-electron chi connectivity index (χ3n) is 3.63. The van der Waals surface area contributed by atoms with E-state index in [4.69, 9.17) is 5.11 Å². The van der Waals surface area contributed by atoms with Crippen molar-refractivity contribution in [2.45, 2.75) is 19.3 Å². The standard InChI is InChI=1S/C16H18FNO3/c17-14-3-1-2-12(10-14)4-6-15(19)18-9-8-13(11-18)5-7-16(20)21/h1-4,6,10,13H,5,7-9,11H2,(H,20,21)/b6-4+. The molecule has 1 aromatic rings. The molecule has 1 atom stereocenters. The average molecular weight is 291 g/mol. The van der Waals surface area contributed by atoms with Gasteiger partial charge in [-0.2, -0.15) is 0 Å². The number of carbonyl (C=O) groups is 2. The fourth-order valence-electron chi connectivity index (χ4n) is 2.48. The highest BCUT2D eigenvalue weighted by Crippen LogP contribution is 2.21. The lowest BCUT2D eigenvalue weighted by molar-refractivity contribution is -0.137. The second kappa shape index (κ2) is 7.02. The van der Waals surface area contributed by atoms with Crippen molar-refractivity contribution in [1.82, 2.24) is 4.90 Å². The largest absolute Gasteiger partial charge is 0.481 e. The normalized spacial score (nSPS) is 18.3. The van der Waals surface area contributed by atoms with Crippen molar-refractivity contribution in [1.29, 1.82) is 0 Å². The average Bonchev–Trinajstić information content (AvgIpc) is 2.91. The summed E-state index contributed by atoms with van der Waals surface area (Å²) in [6.07, 6.45) is 4.62. The minimum absolute atomic E-state index is 0.114. The van der Waals surface area contributed by atoms with Gasteiger partial charge in [-0.1, -0.05) is 12.1 Å². The van der Waals surface area contributed by atoms with Gasteiger partial charge in [-0.3, -0.25) is 9.59 Å². The van der Waals surface area contributed by atoms with Crippen LogP contribution in [-0.4, -0.2) is 35.0 Å². The fourth-order valence-corrected chi connectivity index (χ4v) is 2.48. The van der Waals surface area contributed by atoms with Crippen LogP contribution in [0.15, 0.2) is 30.3 Å². The summed E-state index contributed by atoms with van der Waals surface area (Å²) in [5.74, 6) is -0.991. The van der Waals surface area contributed by atoms with E-state index in [1.165, 1.54) is 18.2 Å². The first-order chi connectivity index (χ1) is 10.0. The van der Waals surface area contributed by atoms with Crippen LogP contribution in [0, 0.1) is 11.7 Å². The summed E-state index contributed by atoms with van der Waals surface area (Å²) in [5, 5.41) is 8.66. The fraction of sp³-hybridized carbons (Fsp3) is 0.375. The number of carboxylic acids is 1. The minimum Gasteiger partial charge on any atom is -0.481 e. The summed E-state index contributed by atoms with van der Waals surface area (Å²) in [4.78, 5) is 24.3. The van der Waals surface area contributed by atoms with Crippen LogP contribution in [0.25, 0.3) is 6.08 Å². The quantitative estimate of drug-likeness (QED) is 0.848. The number of nitrogens with zero attached hydrogens (tertiary/aromatic N) is 1. The number of aliphatic carboxylic acids is 1. The smallest absolute Gasteiger partial charge is 0.303 e. The molecule has 1 aromatic carbocycles. The first kappa shape index (κ1) is 15.2. The zero-order chi connectivity index (χ0) is 15.2. The van der Waals surface area contributed by atoms with Crippen LogP contribution in [0.5, 0.6) is 0 Å². The molecule has 2 rings (SSSR count). The topological polar surface area (TPSA) is 57.6 Å². The van der Waals surface area contributed by atoms with Crippen molar-refractivity contribution in [2.75, 3.05) is 13.1 Å². The molecular formula is C16H18FNO3. The van der Waals surface area contributed by atoms with Crippen molar-refractivity contribution in [3.8, 4) is 0 Å². The van der Waals surface area contributed by atoms with Crippen LogP contribution in [0.1, 0.15) is 24.8 Å². The van der Waals surface area contributed by atoms with Crippen LogP contribution < -0.4 is 0 Å². The maximum absolute atomic E-state index is 13.0. The molecular weight excluding hydrogens is 273 g/mol. The van der Waals surface area contributed by atoms with Crippen molar-refractivity contribution >= 4 is 18.0 Å². The molecule has 0 spiro atoms. The number of rotatable bonds is 5. The molecule has 112 valence electrons. The van der Waals surface area contributed by atoms with Gasteiger partial charge in [-0.15, -0.1) is 0 Å². The minimum atomic E-state index is -0.800. The Morgan fingerprint density at radius 1 is 1.43 bits per heavy atom. The van der Waals surface area contributed by atoms with Crippen molar-refractivity contribution in [3.05, 3.63) is 41.7 Å². The van der Waals surface area contributed by atoms with Gasteiger partial charge in [0.05, 0.1) is 0 Å². The molecule has 4 nitrogen and oxygen atoms in total. The third kappa shape index (κ3) is 4.70. The maximum Gasteiger partial charge on any atom is 0.303 e. The Kier molecular flexibility index (Phi) is 5.09. The molecule has 0 aromatic heterocycles. The van der Waals surface area contributed by atoms with Gasteiger partial charge in [0.1, 0.15) is 5.82 Å². The Morgan fingerprint density at radius 2 is 2.24 bits per heavy atom. The van der Waals surface area contributed by atoms with E-state index in [9.17, 15) is 14.0 Å². The lowest BCUT2D eigenvalue weighted by Crippen LogP contribution is -2.26. The van der Waals surface area contributed by atoms with E-state index in [1.807, 2.05) is 0 Å². The molecule has 0 bridgehead atoms. The zero-order valence-corrected chi connectivity index (χ0v) is 11.7. The van der Waals surface area contributed by atoms with E-state index >= 15 is 0 Å². The van der Waals surface area contributed by atoms with Gasteiger partial charge in [0.25, 0.3) is 0 Å². The molecule has 5 heteroatoms. The number of carboxylic acid groups (broad SMARTS) is 1. The number of hydrogen-bond donors (Lipinski definition) is 1. The molecule has 1 N–H and O–H groups in total. The van der Waals surface area contributed by atoms with E-state index in [-0.39, 0.29) is 24.1 Å². The Hall–Kier alpha value is -2.17. The molecule has 1 aliphatic rings. The van der Waals surface area contributed by atoms with Crippen molar-refractivity contribution in [3.63, 3.8) is 0 Å². The molecule has 0 radical (unpaired) electrons. The number of amides is 1. The van der Waals surface area contributed by atoms with Crippen LogP contribution in [0.2, 0.25) is 0 Å². The van der Waals surface area contributed by atoms with Crippen LogP contribution in [0.4, 0.5) is 4.39 Å². The molecule has 1 heterocycles. The molecule has 21 heavy (non-hydrogen) atoms. The summed E-state index contributed by atoms with van der Waals surface area (Å²) in [5.41, 5.74) is 0.643. The van der Waals surface area contributed by atoms with Crippen LogP contribution in [0.3, 0.4) is 0 Å². The predicted molar refractivity (Wildman–Crippen MR) is 77.0 cm³/mol. The second-order valence-corrected chi connectivity index (χ2v) is 5.26. The molecule has 0 aliphatic carbocycles. The van der Waals surface area contributed by atoms with Gasteiger partial charge in [0.15, 0.2) is 0 Å². The highest BCUT2D eigenvalue weighted by Gasteiger charge is 2.25. The van der Waals surface area contributed by atoms with Gasteiger partial charge in [0.2, 0.25) is 5.91 Å². The maximum atomic E-state index is 13.0. The molecule has 1 unspecified atom stereocenters. The van der Waals surface area contributed by atoms with Crippen LogP contribution in [-0.2, 0) is 9.59 Å². The third-order valence-corrected chi connectivity index (χ3v) is 3.63. The monoisotopic (exact) mass is 291 g/mol. The number of halogens is 1. The van der Waals surface area contributed by atoms with Gasteiger partial charge in [-0.05, 0) is 42.5 Å². The highest BCUT2D eigenvalue weighted by atomic mass is 19.1. The first-order valence-corrected chi connectivity index (χ1v) is 6.99. The lowest BCUT2D eigenvalue weighted by Gasteiger charge is -2.14. The number of carbonyl (C=O) groups excluding carboxylic acids is 1. The Morgan fingerprint density at radius 3 is 2.95 bits per heavy atom. The Bertz CT molecular complexity index is 556. The summed E-state index contributed by atoms with van der Waals surface area (Å²) in [7, 11) is 0. The zero-order valence-electron chi connectivity index (χ0n) is 11.7. The molecule has 0 saturated carbocycles. The van der Waals surface area contributed by atoms with Gasteiger partial charge in [0, 0.05) is 25.6 Å². The summed E-state index contributed by atoms with van der Waals surface area (Å²) in [6, 6.07) is 6.04. The molecule has 1 saturated heterocycles. The summed E-state index contributed by atoms with van der Waals surface area (Å²) < 4.78 is 13.0. The van der Waals surface area contributed by atoms with Crippen molar-refractivity contribution in [2.24, 2.45) is 5.92 Å². The van der Waals surface area contributed by atoms with Gasteiger partial charge >= 0.3 is 5.97 Å². The molecule has 1 aliphatic heterocycles. The first-order valence-electron chi connectivity index (χ1n) is 6.99. The predicted octanol–water partition coefficient (Wildman–Crippen LogP) is 2.55. The second-order valence-electron chi connectivity index (χ2n) is 5.26. The Labute approximate surface area is 122 Å². The summed E-state index contributed by atoms with van der Waals surface area (Å²) >= 11 is 0. The molecule has 1 amide bonds. The Balaban J connectivity index is 1.85. The van der Waals surface area contributed by atoms with Crippen molar-refractivity contribution < 1.29 is 19.1 Å². The van der Waals surface area contributed by atoms with E-state index in [0.29, 0.717) is 25.1 Å². The van der Waals surface area contributed by atoms with E-state index in [1.54, 1.807) is 23.1 Å². The van der Waals surface area contributed by atoms with Gasteiger partial charge < -0.3 is 10.0 Å². The number of benzene rings is 1. The SMILES string of the molecule is O=C(O)CCC1CCN(C(=O)/C=C/c2cccc(F)c2)C1. The summed E-state index contributed by atoms with van der Waals surface area (Å²) in [6.45, 7) is 1.25. The van der Waals surface area contributed by atoms with Crippen LogP contribution >= 0.6 is 0 Å². The lowest BCUT2D eigenvalue weighted by atomic mass is 10.0. The highest BCUT2D eigenvalue weighted by molar-refractivity contribution is 5.91. The molecule has 1 fully saturated rings.